The van der Waals surface area contributed by atoms with E-state index in [0.717, 1.165) is 12.0 Å². The number of nitrogens with two attached hydrogens (primary N) is 1. The highest BCUT2D eigenvalue weighted by Crippen LogP contribution is 2.26. The van der Waals surface area contributed by atoms with Gasteiger partial charge in [-0.2, -0.15) is 0 Å². The van der Waals surface area contributed by atoms with E-state index in [1.807, 2.05) is 13.0 Å². The molecule has 2 aromatic carbocycles. The van der Waals surface area contributed by atoms with Gasteiger partial charge in [0.1, 0.15) is 5.75 Å². The largest absolute Gasteiger partial charge is 0.506 e. The van der Waals surface area contributed by atoms with Crippen LogP contribution in [0.2, 0.25) is 0 Å². The van der Waals surface area contributed by atoms with Gasteiger partial charge in [0, 0.05) is 10.2 Å². The van der Waals surface area contributed by atoms with Crippen LogP contribution in [0.25, 0.3) is 0 Å². The number of hydrogen-bond donors (Lipinski definition) is 3. The molecule has 2 aromatic rings. The van der Waals surface area contributed by atoms with Crippen LogP contribution in [0.1, 0.15) is 22.8 Å². The highest BCUT2D eigenvalue weighted by atomic mass is 79.9. The number of halogens is 1. The van der Waals surface area contributed by atoms with E-state index in [-0.39, 0.29) is 11.7 Å². The first-order valence-electron chi connectivity index (χ1n) is 6.19. The minimum Gasteiger partial charge on any atom is -0.506 e. The molecule has 1 amide bonds. The Morgan fingerprint density at radius 2 is 2.05 bits per heavy atom. The van der Waals surface area contributed by atoms with Crippen LogP contribution in [0.4, 0.5) is 11.4 Å². The van der Waals surface area contributed by atoms with E-state index in [1.54, 1.807) is 30.3 Å². The number of rotatable bonds is 3. The maximum absolute atomic E-state index is 12.2. The first-order valence-corrected chi connectivity index (χ1v) is 6.99. The van der Waals surface area contributed by atoms with Crippen molar-refractivity contribution in [2.75, 3.05) is 11.1 Å². The summed E-state index contributed by atoms with van der Waals surface area (Å²) >= 11 is 3.31. The molecule has 4 N–H and O–H groups in total. The second kappa shape index (κ2) is 5.96. The van der Waals surface area contributed by atoms with E-state index in [2.05, 4.69) is 21.2 Å². The lowest BCUT2D eigenvalue weighted by atomic mass is 10.1. The topological polar surface area (TPSA) is 75.3 Å². The highest BCUT2D eigenvalue weighted by Gasteiger charge is 2.13. The Morgan fingerprint density at radius 1 is 1.30 bits per heavy atom. The average molecular weight is 335 g/mol. The number of nitrogen functional groups attached to an aromatic ring is 1. The third-order valence-corrected chi connectivity index (χ3v) is 3.64. The number of aromatic hydroxyl groups is 1. The predicted octanol–water partition coefficient (Wildman–Crippen LogP) is 3.55. The molecule has 0 aromatic heterocycles. The Hall–Kier alpha value is -2.01. The number of amides is 1. The summed E-state index contributed by atoms with van der Waals surface area (Å²) in [7, 11) is 0. The number of hydrogen-bond acceptors (Lipinski definition) is 3. The minimum atomic E-state index is -0.326. The van der Waals surface area contributed by atoms with Gasteiger partial charge in [0.15, 0.2) is 0 Å². The van der Waals surface area contributed by atoms with Gasteiger partial charge in [-0.05, 0) is 58.2 Å². The van der Waals surface area contributed by atoms with E-state index in [4.69, 9.17) is 5.73 Å². The summed E-state index contributed by atoms with van der Waals surface area (Å²) in [5.74, 6) is -0.289. The van der Waals surface area contributed by atoms with Crippen molar-refractivity contribution in [1.29, 1.82) is 0 Å². The standard InChI is InChI=1S/C15H15BrN2O2/c1-2-9-3-6-14(19)13(7-9)18-15(20)11-8-10(17)4-5-12(11)16/h3-8,19H,2,17H2,1H3,(H,18,20). The van der Waals surface area contributed by atoms with Gasteiger partial charge < -0.3 is 16.2 Å². The van der Waals surface area contributed by atoms with Crippen molar-refractivity contribution >= 4 is 33.2 Å². The number of phenols is 1. The maximum Gasteiger partial charge on any atom is 0.256 e. The summed E-state index contributed by atoms with van der Waals surface area (Å²) in [5.41, 5.74) is 8.04. The van der Waals surface area contributed by atoms with Gasteiger partial charge in [0.2, 0.25) is 0 Å². The SMILES string of the molecule is CCc1ccc(O)c(NC(=O)c2cc(N)ccc2Br)c1. The van der Waals surface area contributed by atoms with Crippen LogP contribution >= 0.6 is 15.9 Å². The Morgan fingerprint density at radius 3 is 2.75 bits per heavy atom. The van der Waals surface area contributed by atoms with Crippen molar-refractivity contribution in [2.45, 2.75) is 13.3 Å². The number of phenolic OH excluding ortho intramolecular Hbond substituents is 1. The van der Waals surface area contributed by atoms with Gasteiger partial charge in [0.05, 0.1) is 11.3 Å². The lowest BCUT2D eigenvalue weighted by Crippen LogP contribution is -2.13. The molecule has 5 heteroatoms. The van der Waals surface area contributed by atoms with Crippen LogP contribution in [0.3, 0.4) is 0 Å². The van der Waals surface area contributed by atoms with Crippen molar-refractivity contribution in [3.8, 4) is 5.75 Å². The van der Waals surface area contributed by atoms with E-state index in [9.17, 15) is 9.90 Å². The van der Waals surface area contributed by atoms with Crippen LogP contribution < -0.4 is 11.1 Å². The summed E-state index contributed by atoms with van der Waals surface area (Å²) < 4.78 is 0.648. The number of nitrogens with one attached hydrogen (secondary N) is 1. The number of benzene rings is 2. The van der Waals surface area contributed by atoms with Gasteiger partial charge >= 0.3 is 0 Å². The molecule has 0 aliphatic rings. The van der Waals surface area contributed by atoms with E-state index in [0.29, 0.717) is 21.4 Å². The third-order valence-electron chi connectivity index (χ3n) is 2.95. The molecule has 0 atom stereocenters. The van der Waals surface area contributed by atoms with Gasteiger partial charge in [-0.25, -0.2) is 0 Å². The fraction of sp³-hybridized carbons (Fsp3) is 0.133. The molecule has 4 nitrogen and oxygen atoms in total. The lowest BCUT2D eigenvalue weighted by Gasteiger charge is -2.10. The molecule has 0 aliphatic heterocycles. The summed E-state index contributed by atoms with van der Waals surface area (Å²) in [6, 6.07) is 10.2. The van der Waals surface area contributed by atoms with E-state index >= 15 is 0 Å². The molecular formula is C15H15BrN2O2. The summed E-state index contributed by atoms with van der Waals surface area (Å²) in [6.45, 7) is 2.01. The molecular weight excluding hydrogens is 320 g/mol. The van der Waals surface area contributed by atoms with Crippen molar-refractivity contribution in [3.05, 3.63) is 52.0 Å². The smallest absolute Gasteiger partial charge is 0.256 e. The maximum atomic E-state index is 12.2. The normalized spacial score (nSPS) is 10.3. The van der Waals surface area contributed by atoms with Crippen LogP contribution in [0.15, 0.2) is 40.9 Å². The quantitative estimate of drug-likeness (QED) is 0.593. The average Bonchev–Trinajstić information content (AvgIpc) is 2.43. The first-order chi connectivity index (χ1) is 9.51. The third kappa shape index (κ3) is 3.11. The molecule has 104 valence electrons. The van der Waals surface area contributed by atoms with Crippen molar-refractivity contribution in [2.24, 2.45) is 0 Å². The summed E-state index contributed by atoms with van der Waals surface area (Å²) in [6.07, 6.45) is 0.825. The van der Waals surface area contributed by atoms with Gasteiger partial charge in [-0.3, -0.25) is 4.79 Å². The molecule has 0 spiro atoms. The Labute approximate surface area is 125 Å². The molecule has 0 fully saturated rings. The van der Waals surface area contributed by atoms with Crippen LogP contribution in [0.5, 0.6) is 5.75 Å². The number of carbonyl (C=O) groups is 1. The van der Waals surface area contributed by atoms with Gasteiger partial charge in [-0.1, -0.05) is 13.0 Å². The number of aryl methyl sites for hydroxylation is 1. The molecule has 0 radical (unpaired) electrons. The summed E-state index contributed by atoms with van der Waals surface area (Å²) in [5, 5.41) is 12.5. The Kier molecular flexibility index (Phi) is 4.29. The minimum absolute atomic E-state index is 0.0376. The molecule has 2 rings (SSSR count). The number of anilines is 2. The zero-order valence-electron chi connectivity index (χ0n) is 11.0. The summed E-state index contributed by atoms with van der Waals surface area (Å²) in [4.78, 5) is 12.2. The Balaban J connectivity index is 2.30. The molecule has 0 aliphatic carbocycles. The van der Waals surface area contributed by atoms with Crippen molar-refractivity contribution < 1.29 is 9.90 Å². The first kappa shape index (κ1) is 14.4. The fourth-order valence-electron chi connectivity index (χ4n) is 1.81. The molecule has 0 unspecified atom stereocenters. The Bertz CT molecular complexity index is 656. The second-order valence-electron chi connectivity index (χ2n) is 4.40. The monoisotopic (exact) mass is 334 g/mol. The predicted molar refractivity (Wildman–Crippen MR) is 84.0 cm³/mol. The highest BCUT2D eigenvalue weighted by molar-refractivity contribution is 9.10. The second-order valence-corrected chi connectivity index (χ2v) is 5.25. The van der Waals surface area contributed by atoms with Crippen LogP contribution in [-0.4, -0.2) is 11.0 Å². The number of carbonyl (C=O) groups excluding carboxylic acids is 1. The zero-order valence-corrected chi connectivity index (χ0v) is 12.6. The van der Waals surface area contributed by atoms with Gasteiger partial charge in [-0.15, -0.1) is 0 Å². The zero-order chi connectivity index (χ0) is 14.7. The fourth-order valence-corrected chi connectivity index (χ4v) is 2.24. The molecule has 0 heterocycles. The molecule has 0 saturated carbocycles. The lowest BCUT2D eigenvalue weighted by molar-refractivity contribution is 0.102. The van der Waals surface area contributed by atoms with Crippen molar-refractivity contribution in [3.63, 3.8) is 0 Å². The van der Waals surface area contributed by atoms with Crippen molar-refractivity contribution in [1.82, 2.24) is 0 Å². The van der Waals surface area contributed by atoms with E-state index < -0.39 is 0 Å². The van der Waals surface area contributed by atoms with Gasteiger partial charge in [0.25, 0.3) is 5.91 Å². The van der Waals surface area contributed by atoms with E-state index in [1.165, 1.54) is 0 Å². The van der Waals surface area contributed by atoms with Crippen LogP contribution in [-0.2, 0) is 6.42 Å². The molecule has 0 saturated heterocycles. The molecule has 0 bridgehead atoms. The molecule has 20 heavy (non-hydrogen) atoms. The van der Waals surface area contributed by atoms with Crippen LogP contribution in [0, 0.1) is 0 Å².